The average Bonchev–Trinajstić information content (AvgIpc) is 2.80. The van der Waals surface area contributed by atoms with Gasteiger partial charge < -0.3 is 10.6 Å². The van der Waals surface area contributed by atoms with Crippen molar-refractivity contribution in [1.82, 2.24) is 4.90 Å². The Morgan fingerprint density at radius 2 is 2.42 bits per heavy atom. The van der Waals surface area contributed by atoms with Crippen molar-refractivity contribution in [3.05, 3.63) is 34.0 Å². The molecule has 0 aromatic carbocycles. The van der Waals surface area contributed by atoms with Crippen LogP contribution < -0.4 is 5.73 Å². The van der Waals surface area contributed by atoms with E-state index in [0.29, 0.717) is 19.5 Å². The Balaban J connectivity index is 2.65. The fourth-order valence-electron chi connectivity index (χ4n) is 1.62. The number of halogens is 1. The molecule has 0 unspecified atom stereocenters. The maximum Gasteiger partial charge on any atom is 0.240 e. The SMILES string of the molecule is C=CCN(Cc1ccc(Cl)s1)C(=O)[C@H](N)CCSC. The second-order valence-corrected chi connectivity index (χ2v) is 6.89. The topological polar surface area (TPSA) is 46.3 Å². The summed E-state index contributed by atoms with van der Waals surface area (Å²) >= 11 is 9.07. The Kier molecular flexibility index (Phi) is 7.53. The number of hydrogen-bond donors (Lipinski definition) is 1. The molecule has 106 valence electrons. The molecule has 1 aromatic heterocycles. The predicted octanol–water partition coefficient (Wildman–Crippen LogP) is 3.00. The largest absolute Gasteiger partial charge is 0.332 e. The predicted molar refractivity (Wildman–Crippen MR) is 85.9 cm³/mol. The van der Waals surface area contributed by atoms with Crippen LogP contribution in [-0.4, -0.2) is 35.4 Å². The minimum absolute atomic E-state index is 0.0292. The van der Waals surface area contributed by atoms with E-state index in [-0.39, 0.29) is 5.91 Å². The number of thiophene rings is 1. The van der Waals surface area contributed by atoms with Crippen molar-refractivity contribution in [2.75, 3.05) is 18.6 Å². The van der Waals surface area contributed by atoms with Crippen LogP contribution in [0.15, 0.2) is 24.8 Å². The molecule has 3 nitrogen and oxygen atoms in total. The van der Waals surface area contributed by atoms with Crippen LogP contribution in [0.2, 0.25) is 4.34 Å². The number of nitrogens with zero attached hydrogens (tertiary/aromatic N) is 1. The summed E-state index contributed by atoms with van der Waals surface area (Å²) in [7, 11) is 0. The van der Waals surface area contributed by atoms with Crippen LogP contribution in [0.3, 0.4) is 0 Å². The van der Waals surface area contributed by atoms with Crippen LogP contribution in [-0.2, 0) is 11.3 Å². The number of carbonyl (C=O) groups excluding carboxylic acids is 1. The lowest BCUT2D eigenvalue weighted by molar-refractivity contribution is -0.132. The Hall–Kier alpha value is -0.490. The molecule has 1 rings (SSSR count). The molecule has 1 heterocycles. The van der Waals surface area contributed by atoms with E-state index in [1.165, 1.54) is 11.3 Å². The zero-order chi connectivity index (χ0) is 14.3. The first-order chi connectivity index (χ1) is 9.08. The number of carbonyl (C=O) groups is 1. The zero-order valence-corrected chi connectivity index (χ0v) is 13.4. The molecule has 0 aliphatic carbocycles. The first-order valence-electron chi connectivity index (χ1n) is 5.97. The van der Waals surface area contributed by atoms with Crippen molar-refractivity contribution in [1.29, 1.82) is 0 Å². The second-order valence-electron chi connectivity index (χ2n) is 4.10. The standard InChI is InChI=1S/C13H19ClN2OS2/c1-3-7-16(9-10-4-5-12(14)19-10)13(17)11(15)6-8-18-2/h3-5,11H,1,6-9,15H2,2H3/t11-/m1/s1. The lowest BCUT2D eigenvalue weighted by atomic mass is 10.2. The average molecular weight is 319 g/mol. The third kappa shape index (κ3) is 5.57. The van der Waals surface area contributed by atoms with Gasteiger partial charge in [0.15, 0.2) is 0 Å². The van der Waals surface area contributed by atoms with Crippen molar-refractivity contribution in [2.24, 2.45) is 5.73 Å². The van der Waals surface area contributed by atoms with Gasteiger partial charge in [0.25, 0.3) is 0 Å². The monoisotopic (exact) mass is 318 g/mol. The number of hydrogen-bond acceptors (Lipinski definition) is 4. The van der Waals surface area contributed by atoms with Crippen LogP contribution in [0.1, 0.15) is 11.3 Å². The first kappa shape index (κ1) is 16.6. The summed E-state index contributed by atoms with van der Waals surface area (Å²) < 4.78 is 0.729. The number of nitrogens with two attached hydrogens (primary N) is 1. The quantitative estimate of drug-likeness (QED) is 0.749. The van der Waals surface area contributed by atoms with Gasteiger partial charge in [-0.3, -0.25) is 4.79 Å². The Bertz CT molecular complexity index is 423. The van der Waals surface area contributed by atoms with E-state index in [1.54, 1.807) is 22.7 Å². The van der Waals surface area contributed by atoms with Crippen molar-refractivity contribution in [2.45, 2.75) is 19.0 Å². The summed E-state index contributed by atoms with van der Waals surface area (Å²) in [5, 5.41) is 0. The normalized spacial score (nSPS) is 12.2. The Labute approximate surface area is 127 Å². The molecule has 0 aliphatic heterocycles. The van der Waals surface area contributed by atoms with Gasteiger partial charge in [0.1, 0.15) is 0 Å². The molecule has 0 bridgehead atoms. The minimum Gasteiger partial charge on any atom is -0.332 e. The van der Waals surface area contributed by atoms with E-state index in [0.717, 1.165) is 15.0 Å². The molecule has 19 heavy (non-hydrogen) atoms. The third-order valence-electron chi connectivity index (χ3n) is 2.59. The maximum atomic E-state index is 12.3. The molecule has 2 N–H and O–H groups in total. The summed E-state index contributed by atoms with van der Waals surface area (Å²) in [5.41, 5.74) is 5.93. The highest BCUT2D eigenvalue weighted by molar-refractivity contribution is 7.98. The Morgan fingerprint density at radius 3 is 2.95 bits per heavy atom. The van der Waals surface area contributed by atoms with E-state index >= 15 is 0 Å². The van der Waals surface area contributed by atoms with Crippen molar-refractivity contribution >= 4 is 40.6 Å². The summed E-state index contributed by atoms with van der Waals surface area (Å²) in [4.78, 5) is 15.0. The van der Waals surface area contributed by atoms with Crippen LogP contribution in [0.5, 0.6) is 0 Å². The van der Waals surface area contributed by atoms with E-state index in [1.807, 2.05) is 18.4 Å². The summed E-state index contributed by atoms with van der Waals surface area (Å²) in [6.07, 6.45) is 4.42. The summed E-state index contributed by atoms with van der Waals surface area (Å²) in [6, 6.07) is 3.33. The maximum absolute atomic E-state index is 12.3. The zero-order valence-electron chi connectivity index (χ0n) is 11.0. The fourth-order valence-corrected chi connectivity index (χ4v) is 3.21. The first-order valence-corrected chi connectivity index (χ1v) is 8.55. The van der Waals surface area contributed by atoms with Crippen LogP contribution in [0.25, 0.3) is 0 Å². The highest BCUT2D eigenvalue weighted by Gasteiger charge is 2.20. The van der Waals surface area contributed by atoms with Crippen molar-refractivity contribution in [3.63, 3.8) is 0 Å². The van der Waals surface area contributed by atoms with Crippen LogP contribution >= 0.6 is 34.7 Å². The number of rotatable bonds is 8. The Morgan fingerprint density at radius 1 is 1.68 bits per heavy atom. The van der Waals surface area contributed by atoms with Gasteiger partial charge in [-0.05, 0) is 30.6 Å². The highest BCUT2D eigenvalue weighted by atomic mass is 35.5. The molecule has 1 amide bonds. The number of thioether (sulfide) groups is 1. The smallest absolute Gasteiger partial charge is 0.240 e. The van der Waals surface area contributed by atoms with E-state index in [9.17, 15) is 4.79 Å². The molecule has 0 fully saturated rings. The van der Waals surface area contributed by atoms with Gasteiger partial charge in [-0.25, -0.2) is 0 Å². The van der Waals surface area contributed by atoms with Gasteiger partial charge in [0.2, 0.25) is 5.91 Å². The van der Waals surface area contributed by atoms with Gasteiger partial charge in [-0.15, -0.1) is 17.9 Å². The van der Waals surface area contributed by atoms with Gasteiger partial charge in [-0.2, -0.15) is 11.8 Å². The molecule has 0 saturated heterocycles. The van der Waals surface area contributed by atoms with E-state index in [4.69, 9.17) is 17.3 Å². The van der Waals surface area contributed by atoms with Gasteiger partial charge in [0, 0.05) is 11.4 Å². The van der Waals surface area contributed by atoms with Crippen molar-refractivity contribution in [3.8, 4) is 0 Å². The molecule has 0 aliphatic rings. The lowest BCUT2D eigenvalue weighted by Crippen LogP contribution is -2.43. The molecule has 0 radical (unpaired) electrons. The molecule has 1 atom stereocenters. The second kappa shape index (κ2) is 8.64. The number of amides is 1. The van der Waals surface area contributed by atoms with E-state index < -0.39 is 6.04 Å². The minimum atomic E-state index is -0.442. The van der Waals surface area contributed by atoms with E-state index in [2.05, 4.69) is 6.58 Å². The fraction of sp³-hybridized carbons (Fsp3) is 0.462. The molecule has 0 saturated carbocycles. The molecule has 6 heteroatoms. The third-order valence-corrected chi connectivity index (χ3v) is 4.45. The van der Waals surface area contributed by atoms with Crippen LogP contribution in [0.4, 0.5) is 0 Å². The molecular formula is C13H19ClN2OS2. The molecular weight excluding hydrogens is 300 g/mol. The van der Waals surface area contributed by atoms with Gasteiger partial charge >= 0.3 is 0 Å². The van der Waals surface area contributed by atoms with Gasteiger partial charge in [-0.1, -0.05) is 17.7 Å². The summed E-state index contributed by atoms with van der Waals surface area (Å²) in [6.45, 7) is 4.73. The lowest BCUT2D eigenvalue weighted by Gasteiger charge is -2.24. The molecule has 0 spiro atoms. The summed E-state index contributed by atoms with van der Waals surface area (Å²) in [5.74, 6) is 0.859. The van der Waals surface area contributed by atoms with Gasteiger partial charge in [0.05, 0.1) is 16.9 Å². The van der Waals surface area contributed by atoms with Crippen molar-refractivity contribution < 1.29 is 4.79 Å². The van der Waals surface area contributed by atoms with Crippen LogP contribution in [0, 0.1) is 0 Å². The highest BCUT2D eigenvalue weighted by Crippen LogP contribution is 2.23. The molecule has 1 aromatic rings.